The van der Waals surface area contributed by atoms with Crippen LogP contribution in [0.15, 0.2) is 109 Å². The highest BCUT2D eigenvalue weighted by molar-refractivity contribution is 5.66. The molecule has 3 N–H and O–H groups in total. The van der Waals surface area contributed by atoms with Crippen molar-refractivity contribution < 1.29 is 5.11 Å². The van der Waals surface area contributed by atoms with Gasteiger partial charge in [0.15, 0.2) is 0 Å². The van der Waals surface area contributed by atoms with E-state index in [4.69, 9.17) is 0 Å². The zero-order valence-electron chi connectivity index (χ0n) is 33.5. The Morgan fingerprint density at radius 2 is 0.942 bits per heavy atom. The molecule has 0 bridgehead atoms. The summed E-state index contributed by atoms with van der Waals surface area (Å²) >= 11 is 0. The molecule has 5 aromatic carbocycles. The van der Waals surface area contributed by atoms with Gasteiger partial charge in [-0.2, -0.15) is 0 Å². The van der Waals surface area contributed by atoms with Crippen molar-refractivity contribution in [3.63, 3.8) is 0 Å². The number of benzene rings is 5. The van der Waals surface area contributed by atoms with Crippen LogP contribution in [0.1, 0.15) is 115 Å². The van der Waals surface area contributed by atoms with Crippen molar-refractivity contribution in [2.24, 2.45) is 11.3 Å². The SMILES string of the molecule is CC(Cc1ccc(Cc2ccc(Nc3ccc(Nc4ccc(CCc5cc(C(C)(C)C)cc(C(C)(C)C)c5O)cc4)cc3)cc2)cc1)CC(C)(C)C. The Hall–Kier alpha value is -4.50. The van der Waals surface area contributed by atoms with Gasteiger partial charge in [-0.1, -0.05) is 130 Å². The first-order chi connectivity index (χ1) is 24.4. The van der Waals surface area contributed by atoms with E-state index in [-0.39, 0.29) is 10.8 Å². The molecule has 52 heavy (non-hydrogen) atoms. The van der Waals surface area contributed by atoms with Gasteiger partial charge in [0.05, 0.1) is 0 Å². The molecular weight excluding hydrogens is 633 g/mol. The largest absolute Gasteiger partial charge is 0.507 e. The molecule has 0 fully saturated rings. The number of anilines is 4. The first-order valence-corrected chi connectivity index (χ1v) is 19.2. The predicted octanol–water partition coefficient (Wildman–Crippen LogP) is 13.5. The normalized spacial score (nSPS) is 12.8. The fraction of sp³-hybridized carbons (Fsp3) is 0.388. The molecule has 3 heteroatoms. The van der Waals surface area contributed by atoms with Gasteiger partial charge in [0.2, 0.25) is 0 Å². The summed E-state index contributed by atoms with van der Waals surface area (Å²) < 4.78 is 0. The van der Waals surface area contributed by atoms with Crippen LogP contribution in [0.25, 0.3) is 0 Å². The smallest absolute Gasteiger partial charge is 0.122 e. The zero-order chi connectivity index (χ0) is 37.7. The van der Waals surface area contributed by atoms with Crippen molar-refractivity contribution in [2.45, 2.75) is 112 Å². The molecule has 3 nitrogen and oxygen atoms in total. The molecule has 5 rings (SSSR count). The van der Waals surface area contributed by atoms with E-state index in [1.165, 1.54) is 34.2 Å². The quantitative estimate of drug-likeness (QED) is 0.122. The molecule has 0 heterocycles. The van der Waals surface area contributed by atoms with Gasteiger partial charge in [0.25, 0.3) is 0 Å². The summed E-state index contributed by atoms with van der Waals surface area (Å²) in [5.41, 5.74) is 13.2. The molecule has 1 atom stereocenters. The van der Waals surface area contributed by atoms with Crippen molar-refractivity contribution >= 4 is 22.7 Å². The van der Waals surface area contributed by atoms with E-state index < -0.39 is 0 Å². The third-order valence-electron chi connectivity index (χ3n) is 9.89. The molecule has 0 spiro atoms. The number of rotatable bonds is 12. The maximum atomic E-state index is 11.2. The zero-order valence-corrected chi connectivity index (χ0v) is 33.5. The second-order valence-electron chi connectivity index (χ2n) is 18.3. The maximum Gasteiger partial charge on any atom is 0.122 e. The molecule has 0 aliphatic carbocycles. The average molecular weight is 695 g/mol. The van der Waals surface area contributed by atoms with Gasteiger partial charge in [-0.3, -0.25) is 0 Å². The van der Waals surface area contributed by atoms with E-state index in [0.717, 1.165) is 59.6 Å². The number of aromatic hydroxyl groups is 1. The van der Waals surface area contributed by atoms with Gasteiger partial charge < -0.3 is 15.7 Å². The molecule has 1 unspecified atom stereocenters. The van der Waals surface area contributed by atoms with Crippen LogP contribution in [-0.2, 0) is 36.5 Å². The summed E-state index contributed by atoms with van der Waals surface area (Å²) in [6, 6.07) is 39.4. The Morgan fingerprint density at radius 3 is 1.38 bits per heavy atom. The van der Waals surface area contributed by atoms with E-state index in [0.29, 0.717) is 17.1 Å². The molecule has 5 aromatic rings. The number of phenols is 1. The predicted molar refractivity (Wildman–Crippen MR) is 225 cm³/mol. The molecule has 0 amide bonds. The van der Waals surface area contributed by atoms with Crippen molar-refractivity contribution in [2.75, 3.05) is 10.6 Å². The average Bonchev–Trinajstić information content (AvgIpc) is 3.06. The highest BCUT2D eigenvalue weighted by Gasteiger charge is 2.25. The summed E-state index contributed by atoms with van der Waals surface area (Å²) in [6.45, 7) is 22.6. The minimum atomic E-state index is -0.119. The highest BCUT2D eigenvalue weighted by atomic mass is 16.3. The lowest BCUT2D eigenvalue weighted by atomic mass is 9.78. The number of nitrogens with one attached hydrogen (secondary N) is 2. The molecule has 274 valence electrons. The monoisotopic (exact) mass is 694 g/mol. The summed E-state index contributed by atoms with van der Waals surface area (Å²) in [5.74, 6) is 1.14. The van der Waals surface area contributed by atoms with Gasteiger partial charge in [-0.15, -0.1) is 0 Å². The molecule has 0 saturated heterocycles. The van der Waals surface area contributed by atoms with E-state index in [2.05, 4.69) is 189 Å². The van der Waals surface area contributed by atoms with Crippen LogP contribution < -0.4 is 10.6 Å². The number of aryl methyl sites for hydroxylation is 2. The lowest BCUT2D eigenvalue weighted by Crippen LogP contribution is -2.17. The topological polar surface area (TPSA) is 44.3 Å². The third-order valence-corrected chi connectivity index (χ3v) is 9.89. The third kappa shape index (κ3) is 11.2. The molecule has 0 aliphatic heterocycles. The van der Waals surface area contributed by atoms with Crippen LogP contribution >= 0.6 is 0 Å². The number of hydrogen-bond donors (Lipinski definition) is 3. The second-order valence-corrected chi connectivity index (χ2v) is 18.3. The van der Waals surface area contributed by atoms with Crippen LogP contribution in [0.2, 0.25) is 0 Å². The first kappa shape index (κ1) is 38.7. The van der Waals surface area contributed by atoms with Crippen LogP contribution in [0, 0.1) is 11.3 Å². The Bertz CT molecular complexity index is 1880. The van der Waals surface area contributed by atoms with E-state index in [9.17, 15) is 5.11 Å². The van der Waals surface area contributed by atoms with E-state index in [1.807, 2.05) is 0 Å². The minimum absolute atomic E-state index is 0.0224. The van der Waals surface area contributed by atoms with Crippen molar-refractivity contribution in [3.8, 4) is 5.75 Å². The summed E-state index contributed by atoms with van der Waals surface area (Å²) in [7, 11) is 0. The Balaban J connectivity index is 1.11. The fourth-order valence-corrected chi connectivity index (χ4v) is 7.15. The molecule has 0 radical (unpaired) electrons. The van der Waals surface area contributed by atoms with Crippen LogP contribution in [-0.4, -0.2) is 5.11 Å². The standard InChI is InChI=1S/C49H62N2O/c1-34(33-47(2,3)4)29-36-11-13-37(14-12-36)30-38-18-23-42(24-19-38)51-44-27-25-43(26-28-44)50-41-21-16-35(17-22-41)15-20-39-31-40(48(5,6)7)32-45(46(39)52)49(8,9)10/h11-14,16-19,21-28,31-32,34,50-52H,15,20,29-30,33H2,1-10H3. The van der Waals surface area contributed by atoms with E-state index in [1.54, 1.807) is 0 Å². The minimum Gasteiger partial charge on any atom is -0.507 e. The van der Waals surface area contributed by atoms with Crippen molar-refractivity contribution in [3.05, 3.63) is 148 Å². The van der Waals surface area contributed by atoms with Crippen LogP contribution in [0.3, 0.4) is 0 Å². The fourth-order valence-electron chi connectivity index (χ4n) is 7.15. The van der Waals surface area contributed by atoms with Gasteiger partial charge in [-0.25, -0.2) is 0 Å². The summed E-state index contributed by atoms with van der Waals surface area (Å²) in [5, 5.41) is 18.3. The molecule has 0 aliphatic rings. The number of phenolic OH excluding ortho intramolecular Hbond substituents is 1. The van der Waals surface area contributed by atoms with Crippen LogP contribution in [0.4, 0.5) is 22.7 Å². The van der Waals surface area contributed by atoms with Gasteiger partial charge in [0, 0.05) is 22.7 Å². The Labute approximate surface area is 314 Å². The van der Waals surface area contributed by atoms with Gasteiger partial charge >= 0.3 is 0 Å². The highest BCUT2D eigenvalue weighted by Crippen LogP contribution is 2.38. The second kappa shape index (κ2) is 16.0. The van der Waals surface area contributed by atoms with Crippen LogP contribution in [0.5, 0.6) is 5.75 Å². The molecular formula is C49H62N2O. The first-order valence-electron chi connectivity index (χ1n) is 19.2. The lowest BCUT2D eigenvalue weighted by Gasteiger charge is -2.27. The van der Waals surface area contributed by atoms with Crippen molar-refractivity contribution in [1.82, 2.24) is 0 Å². The summed E-state index contributed by atoms with van der Waals surface area (Å²) in [4.78, 5) is 0. The lowest BCUT2D eigenvalue weighted by molar-refractivity contribution is 0.306. The van der Waals surface area contributed by atoms with Gasteiger partial charge in [0.1, 0.15) is 5.75 Å². The molecule has 0 aromatic heterocycles. The Morgan fingerprint density at radius 1 is 0.519 bits per heavy atom. The van der Waals surface area contributed by atoms with Gasteiger partial charge in [-0.05, 0) is 142 Å². The maximum absolute atomic E-state index is 11.2. The Kier molecular flexibility index (Phi) is 11.9. The molecule has 0 saturated carbocycles. The summed E-state index contributed by atoms with van der Waals surface area (Å²) in [6.07, 6.45) is 4.99. The number of hydrogen-bond acceptors (Lipinski definition) is 3. The van der Waals surface area contributed by atoms with Crippen molar-refractivity contribution in [1.29, 1.82) is 0 Å². The van der Waals surface area contributed by atoms with E-state index >= 15 is 0 Å².